The van der Waals surface area contributed by atoms with Crippen LogP contribution >= 0.6 is 11.6 Å². The number of likely N-dealkylation sites (tertiary alicyclic amines) is 1. The van der Waals surface area contributed by atoms with Gasteiger partial charge in [0.1, 0.15) is 0 Å². The summed E-state index contributed by atoms with van der Waals surface area (Å²) in [5.74, 6) is -0.500. The second-order valence-corrected chi connectivity index (χ2v) is 6.56. The minimum atomic E-state index is -0.500. The van der Waals surface area contributed by atoms with Gasteiger partial charge in [-0.2, -0.15) is 0 Å². The zero-order valence-electron chi connectivity index (χ0n) is 14.3. The van der Waals surface area contributed by atoms with E-state index in [4.69, 9.17) is 11.6 Å². The highest BCUT2D eigenvalue weighted by atomic mass is 35.5. The molecule has 1 aliphatic rings. The molecule has 1 N–H and O–H groups in total. The quantitative estimate of drug-likeness (QED) is 0.848. The van der Waals surface area contributed by atoms with Crippen molar-refractivity contribution >= 4 is 29.3 Å². The molecule has 0 aliphatic carbocycles. The molecule has 1 aliphatic heterocycles. The standard InChI is InChI=1S/C17H24ClN3O3/c1-20(2)13-5-4-9-21(10-8-13)17(23)19-12-6-7-14(15(18)11-12)16(22)24-3/h6-7,11,13H,4-5,8-10H2,1-3H3,(H,19,23)/t13-/m0/s1. The van der Waals surface area contributed by atoms with Crippen molar-refractivity contribution < 1.29 is 14.3 Å². The molecule has 6 nitrogen and oxygen atoms in total. The maximum absolute atomic E-state index is 12.4. The number of carbonyl (C=O) groups excluding carboxylic acids is 2. The average Bonchev–Trinajstić information content (AvgIpc) is 2.80. The molecule has 1 saturated heterocycles. The van der Waals surface area contributed by atoms with E-state index in [0.29, 0.717) is 11.7 Å². The fourth-order valence-electron chi connectivity index (χ4n) is 2.87. The molecule has 132 valence electrons. The molecule has 1 heterocycles. The van der Waals surface area contributed by atoms with Crippen LogP contribution in [-0.2, 0) is 4.74 Å². The van der Waals surface area contributed by atoms with Gasteiger partial charge in [-0.15, -0.1) is 0 Å². The first-order chi connectivity index (χ1) is 11.4. The zero-order valence-corrected chi connectivity index (χ0v) is 15.1. The second kappa shape index (κ2) is 8.35. The smallest absolute Gasteiger partial charge is 0.339 e. The Morgan fingerprint density at radius 3 is 2.67 bits per heavy atom. The van der Waals surface area contributed by atoms with Crippen molar-refractivity contribution in [3.05, 3.63) is 28.8 Å². The number of carbonyl (C=O) groups is 2. The lowest BCUT2D eigenvalue weighted by Crippen LogP contribution is -2.36. The molecule has 1 aromatic carbocycles. The predicted octanol–water partition coefficient (Wildman–Crippen LogP) is 3.07. The Labute approximate surface area is 147 Å². The Morgan fingerprint density at radius 1 is 1.29 bits per heavy atom. The van der Waals surface area contributed by atoms with E-state index in [-0.39, 0.29) is 16.6 Å². The van der Waals surface area contributed by atoms with Crippen LogP contribution in [0.1, 0.15) is 29.6 Å². The lowest BCUT2D eigenvalue weighted by Gasteiger charge is -2.23. The van der Waals surface area contributed by atoms with Gasteiger partial charge in [-0.1, -0.05) is 11.6 Å². The number of anilines is 1. The Balaban J connectivity index is 1.99. The van der Waals surface area contributed by atoms with E-state index in [2.05, 4.69) is 29.0 Å². The van der Waals surface area contributed by atoms with Crippen LogP contribution in [0.3, 0.4) is 0 Å². The average molecular weight is 354 g/mol. The number of amides is 2. The summed E-state index contributed by atoms with van der Waals surface area (Å²) in [6, 6.07) is 5.13. The zero-order chi connectivity index (χ0) is 17.7. The Hall–Kier alpha value is -1.79. The first-order valence-electron chi connectivity index (χ1n) is 8.02. The number of benzene rings is 1. The van der Waals surface area contributed by atoms with E-state index < -0.39 is 5.97 Å². The highest BCUT2D eigenvalue weighted by Crippen LogP contribution is 2.22. The highest BCUT2D eigenvalue weighted by molar-refractivity contribution is 6.33. The van der Waals surface area contributed by atoms with Gasteiger partial charge in [0.05, 0.1) is 17.7 Å². The molecule has 1 atom stereocenters. The summed E-state index contributed by atoms with van der Waals surface area (Å²) in [6.07, 6.45) is 3.04. The Morgan fingerprint density at radius 2 is 2.04 bits per heavy atom. The van der Waals surface area contributed by atoms with Crippen LogP contribution in [0.4, 0.5) is 10.5 Å². The number of halogens is 1. The summed E-state index contributed by atoms with van der Waals surface area (Å²) in [4.78, 5) is 28.0. The van der Waals surface area contributed by atoms with Gasteiger partial charge in [0.2, 0.25) is 0 Å². The Kier molecular flexibility index (Phi) is 6.45. The normalized spacial score (nSPS) is 18.2. The van der Waals surface area contributed by atoms with E-state index in [0.717, 1.165) is 32.4 Å². The third-order valence-corrected chi connectivity index (χ3v) is 4.65. The number of hydrogen-bond acceptors (Lipinski definition) is 4. The molecule has 0 bridgehead atoms. The Bertz CT molecular complexity index is 607. The van der Waals surface area contributed by atoms with E-state index in [1.165, 1.54) is 7.11 Å². The van der Waals surface area contributed by atoms with Crippen molar-refractivity contribution in [3.63, 3.8) is 0 Å². The predicted molar refractivity (Wildman–Crippen MR) is 94.7 cm³/mol. The molecule has 2 rings (SSSR count). The summed E-state index contributed by atoms with van der Waals surface area (Å²) >= 11 is 6.08. The van der Waals surface area contributed by atoms with Crippen LogP contribution in [0, 0.1) is 0 Å². The molecule has 24 heavy (non-hydrogen) atoms. The molecular formula is C17H24ClN3O3. The largest absolute Gasteiger partial charge is 0.465 e. The fraction of sp³-hybridized carbons (Fsp3) is 0.529. The van der Waals surface area contributed by atoms with Crippen LogP contribution in [0.15, 0.2) is 18.2 Å². The molecular weight excluding hydrogens is 330 g/mol. The summed E-state index contributed by atoms with van der Waals surface area (Å²) in [5.41, 5.74) is 0.840. The van der Waals surface area contributed by atoms with Crippen LogP contribution in [0.25, 0.3) is 0 Å². The molecule has 0 spiro atoms. The number of hydrogen-bond donors (Lipinski definition) is 1. The van der Waals surface area contributed by atoms with E-state index in [1.54, 1.807) is 18.2 Å². The third kappa shape index (κ3) is 4.61. The maximum atomic E-state index is 12.4. The lowest BCUT2D eigenvalue weighted by atomic mass is 10.1. The van der Waals surface area contributed by atoms with Gasteiger partial charge < -0.3 is 19.9 Å². The minimum Gasteiger partial charge on any atom is -0.465 e. The topological polar surface area (TPSA) is 61.9 Å². The molecule has 0 unspecified atom stereocenters. The molecule has 1 aromatic rings. The maximum Gasteiger partial charge on any atom is 0.339 e. The minimum absolute atomic E-state index is 0.142. The van der Waals surface area contributed by atoms with E-state index in [1.807, 2.05) is 4.90 Å². The summed E-state index contributed by atoms with van der Waals surface area (Å²) in [5, 5.41) is 3.10. The van der Waals surface area contributed by atoms with Gasteiger partial charge in [0.15, 0.2) is 0 Å². The number of nitrogens with one attached hydrogen (secondary N) is 1. The fourth-order valence-corrected chi connectivity index (χ4v) is 3.13. The SMILES string of the molecule is COC(=O)c1ccc(NC(=O)N2CCC[C@H](N(C)C)CC2)cc1Cl. The summed E-state index contributed by atoms with van der Waals surface area (Å²) < 4.78 is 4.65. The molecule has 0 radical (unpaired) electrons. The third-order valence-electron chi connectivity index (χ3n) is 4.34. The summed E-state index contributed by atoms with van der Waals surface area (Å²) in [6.45, 7) is 1.47. The van der Waals surface area contributed by atoms with E-state index in [9.17, 15) is 9.59 Å². The number of ether oxygens (including phenoxy) is 1. The number of rotatable bonds is 3. The van der Waals surface area contributed by atoms with Crippen LogP contribution < -0.4 is 5.32 Å². The van der Waals surface area contributed by atoms with Crippen molar-refractivity contribution in [3.8, 4) is 0 Å². The van der Waals surface area contributed by atoms with E-state index >= 15 is 0 Å². The van der Waals surface area contributed by atoms with Crippen molar-refractivity contribution in [2.45, 2.75) is 25.3 Å². The van der Waals surface area contributed by atoms with Crippen LogP contribution in [0.5, 0.6) is 0 Å². The molecule has 0 saturated carbocycles. The van der Waals surface area contributed by atoms with Gasteiger partial charge >= 0.3 is 12.0 Å². The second-order valence-electron chi connectivity index (χ2n) is 6.15. The molecule has 2 amide bonds. The highest BCUT2D eigenvalue weighted by Gasteiger charge is 2.22. The first-order valence-corrected chi connectivity index (χ1v) is 8.40. The number of methoxy groups -OCH3 is 1. The number of urea groups is 1. The van der Waals surface area contributed by atoms with Gasteiger partial charge in [-0.3, -0.25) is 0 Å². The van der Waals surface area contributed by atoms with Crippen LogP contribution in [0.2, 0.25) is 5.02 Å². The van der Waals surface area contributed by atoms with Gasteiger partial charge in [0, 0.05) is 24.8 Å². The molecule has 0 aromatic heterocycles. The van der Waals surface area contributed by atoms with Gasteiger partial charge in [-0.25, -0.2) is 9.59 Å². The number of nitrogens with zero attached hydrogens (tertiary/aromatic N) is 2. The number of esters is 1. The lowest BCUT2D eigenvalue weighted by molar-refractivity contribution is 0.0601. The van der Waals surface area contributed by atoms with Crippen molar-refractivity contribution in [1.82, 2.24) is 9.80 Å². The van der Waals surface area contributed by atoms with Gasteiger partial charge in [-0.05, 0) is 51.6 Å². The molecule has 1 fully saturated rings. The molecule has 7 heteroatoms. The monoisotopic (exact) mass is 353 g/mol. The van der Waals surface area contributed by atoms with Crippen molar-refractivity contribution in [1.29, 1.82) is 0 Å². The van der Waals surface area contributed by atoms with Gasteiger partial charge in [0.25, 0.3) is 0 Å². The van der Waals surface area contributed by atoms with Crippen LogP contribution in [-0.4, -0.2) is 62.1 Å². The van der Waals surface area contributed by atoms with Crippen molar-refractivity contribution in [2.75, 3.05) is 39.6 Å². The van der Waals surface area contributed by atoms with Crippen molar-refractivity contribution in [2.24, 2.45) is 0 Å². The first kappa shape index (κ1) is 18.5. The summed E-state index contributed by atoms with van der Waals surface area (Å²) in [7, 11) is 5.45.